The highest BCUT2D eigenvalue weighted by Gasteiger charge is 2.31. The Morgan fingerprint density at radius 2 is 1.87 bits per heavy atom. The first kappa shape index (κ1) is 20.4. The molecule has 2 aromatic rings. The SMILES string of the molecule is CC(C1CC1)n1nccc1NC(=O)CN1CCC(C(=O)Nc2ccccc2O)CC1. The molecule has 3 N–H and O–H groups in total. The number of hydrogen-bond acceptors (Lipinski definition) is 5. The predicted octanol–water partition coefficient (Wildman–Crippen LogP) is 2.85. The highest BCUT2D eigenvalue weighted by atomic mass is 16.3. The van der Waals surface area contributed by atoms with E-state index >= 15 is 0 Å². The minimum Gasteiger partial charge on any atom is -0.506 e. The molecule has 30 heavy (non-hydrogen) atoms. The van der Waals surface area contributed by atoms with Crippen LogP contribution in [-0.2, 0) is 9.59 Å². The number of carbonyl (C=O) groups is 2. The molecule has 1 aromatic carbocycles. The van der Waals surface area contributed by atoms with E-state index in [9.17, 15) is 14.7 Å². The maximum atomic E-state index is 12.5. The summed E-state index contributed by atoms with van der Waals surface area (Å²) in [6.45, 7) is 3.82. The van der Waals surface area contributed by atoms with Crippen LogP contribution in [0.15, 0.2) is 36.5 Å². The van der Waals surface area contributed by atoms with Gasteiger partial charge < -0.3 is 15.7 Å². The van der Waals surface area contributed by atoms with E-state index in [1.165, 1.54) is 12.8 Å². The van der Waals surface area contributed by atoms with E-state index < -0.39 is 0 Å². The molecule has 0 spiro atoms. The van der Waals surface area contributed by atoms with Crippen LogP contribution in [0.25, 0.3) is 0 Å². The third kappa shape index (κ3) is 4.81. The van der Waals surface area contributed by atoms with E-state index in [4.69, 9.17) is 0 Å². The predicted molar refractivity (Wildman–Crippen MR) is 114 cm³/mol. The molecule has 2 heterocycles. The molecular weight excluding hydrogens is 382 g/mol. The molecule has 2 aliphatic rings. The van der Waals surface area contributed by atoms with E-state index in [1.54, 1.807) is 30.5 Å². The minimum absolute atomic E-state index is 0.0585. The van der Waals surface area contributed by atoms with Gasteiger partial charge in [0.2, 0.25) is 11.8 Å². The van der Waals surface area contributed by atoms with Crippen LogP contribution < -0.4 is 10.6 Å². The second kappa shape index (κ2) is 8.87. The number of phenols is 1. The number of nitrogens with zero attached hydrogens (tertiary/aromatic N) is 3. The van der Waals surface area contributed by atoms with Gasteiger partial charge in [0.1, 0.15) is 11.6 Å². The number of anilines is 2. The molecule has 1 atom stereocenters. The molecule has 1 aromatic heterocycles. The zero-order chi connectivity index (χ0) is 21.1. The van der Waals surface area contributed by atoms with Gasteiger partial charge in [-0.15, -0.1) is 0 Å². The molecule has 4 rings (SSSR count). The summed E-state index contributed by atoms with van der Waals surface area (Å²) in [6.07, 6.45) is 5.54. The molecule has 0 bridgehead atoms. The number of piperidine rings is 1. The van der Waals surface area contributed by atoms with Crippen molar-refractivity contribution in [3.63, 3.8) is 0 Å². The van der Waals surface area contributed by atoms with Crippen molar-refractivity contribution in [3.05, 3.63) is 36.5 Å². The average molecular weight is 412 g/mol. The summed E-state index contributed by atoms with van der Waals surface area (Å²) < 4.78 is 1.91. The fourth-order valence-electron chi connectivity index (χ4n) is 4.07. The normalized spacial score (nSPS) is 18.7. The van der Waals surface area contributed by atoms with Crippen molar-refractivity contribution in [1.82, 2.24) is 14.7 Å². The maximum absolute atomic E-state index is 12.5. The van der Waals surface area contributed by atoms with Crippen molar-refractivity contribution in [3.8, 4) is 5.75 Å². The summed E-state index contributed by atoms with van der Waals surface area (Å²) in [4.78, 5) is 27.1. The van der Waals surface area contributed by atoms with Crippen molar-refractivity contribution in [1.29, 1.82) is 0 Å². The number of nitrogens with one attached hydrogen (secondary N) is 2. The van der Waals surface area contributed by atoms with Gasteiger partial charge in [-0.05, 0) is 63.7 Å². The summed E-state index contributed by atoms with van der Waals surface area (Å²) in [5, 5.41) is 20.0. The molecule has 1 unspecified atom stereocenters. The van der Waals surface area contributed by atoms with Crippen LogP contribution in [0.1, 0.15) is 38.6 Å². The molecule has 0 radical (unpaired) electrons. The first-order chi connectivity index (χ1) is 14.5. The first-order valence-electron chi connectivity index (χ1n) is 10.7. The Morgan fingerprint density at radius 1 is 1.13 bits per heavy atom. The zero-order valence-corrected chi connectivity index (χ0v) is 17.3. The molecule has 8 nitrogen and oxygen atoms in total. The summed E-state index contributed by atoms with van der Waals surface area (Å²) in [5.41, 5.74) is 0.432. The zero-order valence-electron chi connectivity index (χ0n) is 17.3. The minimum atomic E-state index is -0.121. The Kier molecular flexibility index (Phi) is 6.03. The number of carbonyl (C=O) groups excluding carboxylic acids is 2. The lowest BCUT2D eigenvalue weighted by molar-refractivity contribution is -0.121. The molecule has 8 heteroatoms. The quantitative estimate of drug-likeness (QED) is 0.609. The molecule has 2 fully saturated rings. The monoisotopic (exact) mass is 411 g/mol. The highest BCUT2D eigenvalue weighted by Crippen LogP contribution is 2.40. The van der Waals surface area contributed by atoms with Gasteiger partial charge in [-0.25, -0.2) is 4.68 Å². The van der Waals surface area contributed by atoms with Crippen molar-refractivity contribution >= 4 is 23.3 Å². The fourth-order valence-corrected chi connectivity index (χ4v) is 4.07. The van der Waals surface area contributed by atoms with Crippen LogP contribution in [0.3, 0.4) is 0 Å². The summed E-state index contributed by atoms with van der Waals surface area (Å²) in [5.74, 6) is 1.20. The van der Waals surface area contributed by atoms with Gasteiger partial charge in [0.25, 0.3) is 0 Å². The van der Waals surface area contributed by atoms with Crippen LogP contribution in [0.5, 0.6) is 5.75 Å². The van der Waals surface area contributed by atoms with E-state index in [-0.39, 0.29) is 23.5 Å². The van der Waals surface area contributed by atoms with Gasteiger partial charge in [-0.3, -0.25) is 14.5 Å². The number of aromatic hydroxyl groups is 1. The maximum Gasteiger partial charge on any atom is 0.239 e. The second-order valence-electron chi connectivity index (χ2n) is 8.34. The van der Waals surface area contributed by atoms with Crippen LogP contribution in [0.2, 0.25) is 0 Å². The number of likely N-dealkylation sites (tertiary alicyclic amines) is 1. The van der Waals surface area contributed by atoms with Gasteiger partial charge in [-0.2, -0.15) is 5.10 Å². The van der Waals surface area contributed by atoms with Crippen molar-refractivity contribution < 1.29 is 14.7 Å². The lowest BCUT2D eigenvalue weighted by Crippen LogP contribution is -2.42. The molecular formula is C22H29N5O3. The third-order valence-electron chi connectivity index (χ3n) is 6.12. The van der Waals surface area contributed by atoms with Crippen molar-refractivity contribution in [2.75, 3.05) is 30.3 Å². The highest BCUT2D eigenvalue weighted by molar-refractivity contribution is 5.94. The Bertz CT molecular complexity index is 900. The van der Waals surface area contributed by atoms with Crippen LogP contribution >= 0.6 is 0 Å². The number of hydrogen-bond donors (Lipinski definition) is 3. The fraction of sp³-hybridized carbons (Fsp3) is 0.500. The molecule has 2 amide bonds. The number of amides is 2. The van der Waals surface area contributed by atoms with Gasteiger partial charge >= 0.3 is 0 Å². The summed E-state index contributed by atoms with van der Waals surface area (Å²) in [6, 6.07) is 8.86. The molecule has 1 saturated carbocycles. The molecule has 160 valence electrons. The van der Waals surface area contributed by atoms with E-state index in [1.807, 2.05) is 10.7 Å². The van der Waals surface area contributed by atoms with E-state index in [2.05, 4.69) is 27.6 Å². The van der Waals surface area contributed by atoms with E-state index in [0.717, 1.165) is 5.82 Å². The first-order valence-corrected chi connectivity index (χ1v) is 10.7. The Hall–Kier alpha value is -2.87. The van der Waals surface area contributed by atoms with E-state index in [0.29, 0.717) is 50.1 Å². The lowest BCUT2D eigenvalue weighted by atomic mass is 9.95. The second-order valence-corrected chi connectivity index (χ2v) is 8.34. The molecule has 1 aliphatic heterocycles. The Labute approximate surface area is 176 Å². The largest absolute Gasteiger partial charge is 0.506 e. The standard InChI is InChI=1S/C22H29N5O3/c1-15(16-6-7-16)27-20(8-11-23-27)25-21(29)14-26-12-9-17(10-13-26)22(30)24-18-4-2-3-5-19(18)28/h2-5,8,11,15-17,28H,6-7,9-10,12-14H2,1H3,(H,24,30)(H,25,29). The van der Waals surface area contributed by atoms with Crippen LogP contribution in [0.4, 0.5) is 11.5 Å². The van der Waals surface area contributed by atoms with Gasteiger partial charge in [0.05, 0.1) is 24.5 Å². The van der Waals surface area contributed by atoms with Crippen LogP contribution in [0, 0.1) is 11.8 Å². The number of benzene rings is 1. The van der Waals surface area contributed by atoms with Crippen molar-refractivity contribution in [2.45, 2.75) is 38.6 Å². The van der Waals surface area contributed by atoms with Gasteiger partial charge in [0.15, 0.2) is 0 Å². The summed E-state index contributed by atoms with van der Waals surface area (Å²) in [7, 11) is 0. The van der Waals surface area contributed by atoms with Crippen LogP contribution in [-0.4, -0.2) is 51.2 Å². The topological polar surface area (TPSA) is 99.5 Å². The van der Waals surface area contributed by atoms with Gasteiger partial charge in [-0.1, -0.05) is 12.1 Å². The third-order valence-corrected chi connectivity index (χ3v) is 6.12. The smallest absolute Gasteiger partial charge is 0.239 e. The average Bonchev–Trinajstić information content (AvgIpc) is 3.49. The number of phenolic OH excluding ortho intramolecular Hbond substituents is 1. The summed E-state index contributed by atoms with van der Waals surface area (Å²) >= 11 is 0. The van der Waals surface area contributed by atoms with Gasteiger partial charge in [0, 0.05) is 12.0 Å². The number of rotatable bonds is 7. The Morgan fingerprint density at radius 3 is 2.57 bits per heavy atom. The molecule has 1 saturated heterocycles. The lowest BCUT2D eigenvalue weighted by Gasteiger charge is -2.30. The van der Waals surface area contributed by atoms with Crippen molar-refractivity contribution in [2.24, 2.45) is 11.8 Å². The number of para-hydroxylation sites is 2. The Balaban J connectivity index is 1.24. The molecule has 1 aliphatic carbocycles. The number of aromatic nitrogens is 2.